The molecule has 0 aliphatic heterocycles. The van der Waals surface area contributed by atoms with Crippen molar-refractivity contribution >= 4 is 43.9 Å². The fourth-order valence-electron chi connectivity index (χ4n) is 3.47. The molecule has 0 atom stereocenters. The first-order valence-corrected chi connectivity index (χ1v) is 6.79. The van der Waals surface area contributed by atoms with Crippen LogP contribution in [0.2, 0.25) is 5.02 Å². The van der Waals surface area contributed by atoms with Crippen LogP contribution in [0.25, 0.3) is 43.4 Å². The first-order chi connectivity index (χ1) is 9.34. The summed E-state index contributed by atoms with van der Waals surface area (Å²) in [5.74, 6) is 0. The molecule has 0 unspecified atom stereocenters. The molecule has 0 saturated heterocycles. The van der Waals surface area contributed by atoms with E-state index in [9.17, 15) is 0 Å². The van der Waals surface area contributed by atoms with Crippen LogP contribution in [0.4, 0.5) is 0 Å². The molecule has 0 bridgehead atoms. The quantitative estimate of drug-likeness (QED) is 0.310. The van der Waals surface area contributed by atoms with Crippen LogP contribution in [0.15, 0.2) is 54.6 Å². The van der Waals surface area contributed by atoms with Gasteiger partial charge in [0, 0.05) is 10.4 Å². The van der Waals surface area contributed by atoms with E-state index in [4.69, 9.17) is 11.6 Å². The van der Waals surface area contributed by atoms with E-state index in [1.165, 1.54) is 38.1 Å². The summed E-state index contributed by atoms with van der Waals surface area (Å²) < 4.78 is 0. The van der Waals surface area contributed by atoms with Gasteiger partial charge in [0.1, 0.15) is 0 Å². The van der Waals surface area contributed by atoms with Crippen LogP contribution >= 0.6 is 11.6 Å². The monoisotopic (exact) mass is 260 g/mol. The average Bonchev–Trinajstić information content (AvgIpc) is 2.79. The normalized spacial score (nSPS) is 12.5. The lowest BCUT2D eigenvalue weighted by Crippen LogP contribution is -1.78. The SMILES string of the molecule is Clc1cc2ccc3cccc4c3c2c2c-4cccc12. The van der Waals surface area contributed by atoms with Gasteiger partial charge in [0.15, 0.2) is 0 Å². The van der Waals surface area contributed by atoms with Crippen LogP contribution in [0, 0.1) is 0 Å². The lowest BCUT2D eigenvalue weighted by molar-refractivity contribution is 1.76. The van der Waals surface area contributed by atoms with Crippen LogP contribution in [-0.2, 0) is 0 Å². The Hall–Kier alpha value is -2.05. The van der Waals surface area contributed by atoms with Gasteiger partial charge >= 0.3 is 0 Å². The van der Waals surface area contributed by atoms with Gasteiger partial charge in [-0.3, -0.25) is 0 Å². The van der Waals surface area contributed by atoms with Crippen molar-refractivity contribution in [1.82, 2.24) is 0 Å². The molecule has 0 N–H and O–H groups in total. The Morgan fingerprint density at radius 3 is 2.26 bits per heavy atom. The molecule has 0 aromatic heterocycles. The van der Waals surface area contributed by atoms with Gasteiger partial charge in [-0.05, 0) is 44.1 Å². The highest BCUT2D eigenvalue weighted by Gasteiger charge is 2.20. The topological polar surface area (TPSA) is 0 Å². The summed E-state index contributed by atoms with van der Waals surface area (Å²) in [7, 11) is 0. The van der Waals surface area contributed by atoms with Gasteiger partial charge < -0.3 is 0 Å². The Bertz CT molecular complexity index is 1010. The molecule has 0 fully saturated rings. The van der Waals surface area contributed by atoms with Crippen LogP contribution in [0.1, 0.15) is 0 Å². The third-order valence-corrected chi connectivity index (χ3v) is 4.53. The minimum atomic E-state index is 0.844. The number of halogens is 1. The van der Waals surface area contributed by atoms with Crippen LogP contribution < -0.4 is 0 Å². The summed E-state index contributed by atoms with van der Waals surface area (Å²) in [5.41, 5.74) is 2.66. The predicted molar refractivity (Wildman–Crippen MR) is 83.0 cm³/mol. The van der Waals surface area contributed by atoms with Crippen molar-refractivity contribution in [3.63, 3.8) is 0 Å². The Morgan fingerprint density at radius 1 is 0.632 bits per heavy atom. The Labute approximate surface area is 115 Å². The second kappa shape index (κ2) is 3.09. The zero-order valence-corrected chi connectivity index (χ0v) is 10.8. The second-order valence-electron chi connectivity index (χ2n) is 5.15. The van der Waals surface area contributed by atoms with E-state index < -0.39 is 0 Å². The molecule has 88 valence electrons. The van der Waals surface area contributed by atoms with E-state index in [2.05, 4.69) is 54.6 Å². The van der Waals surface area contributed by atoms with E-state index in [1.54, 1.807) is 0 Å². The molecular weight excluding hydrogens is 252 g/mol. The van der Waals surface area contributed by atoms with Crippen molar-refractivity contribution < 1.29 is 0 Å². The summed E-state index contributed by atoms with van der Waals surface area (Å²) in [5, 5.41) is 8.61. The summed E-state index contributed by atoms with van der Waals surface area (Å²) in [4.78, 5) is 0. The maximum Gasteiger partial charge on any atom is 0.0491 e. The zero-order valence-electron chi connectivity index (χ0n) is 10.1. The lowest BCUT2D eigenvalue weighted by atomic mass is 10.0. The summed E-state index contributed by atoms with van der Waals surface area (Å²) >= 11 is 6.44. The highest BCUT2D eigenvalue weighted by Crippen LogP contribution is 2.48. The number of rotatable bonds is 0. The fraction of sp³-hybridized carbons (Fsp3) is 0. The highest BCUT2D eigenvalue weighted by molar-refractivity contribution is 6.42. The van der Waals surface area contributed by atoms with Crippen molar-refractivity contribution in [2.45, 2.75) is 0 Å². The van der Waals surface area contributed by atoms with Crippen LogP contribution in [0.5, 0.6) is 0 Å². The standard InChI is InChI=1S/C18H9Cl/c19-15-9-11-8-7-10-3-1-4-12-13-5-2-6-14(15)18(13)17(11)16(10)12/h1-9H. The smallest absolute Gasteiger partial charge is 0.0491 e. The molecule has 0 heterocycles. The lowest BCUT2D eigenvalue weighted by Gasteiger charge is -2.05. The van der Waals surface area contributed by atoms with E-state index >= 15 is 0 Å². The molecule has 0 spiro atoms. The zero-order chi connectivity index (χ0) is 12.6. The Kier molecular flexibility index (Phi) is 1.60. The highest BCUT2D eigenvalue weighted by atomic mass is 35.5. The molecule has 0 nitrogen and oxygen atoms in total. The van der Waals surface area contributed by atoms with E-state index in [0.29, 0.717) is 0 Å². The van der Waals surface area contributed by atoms with Gasteiger partial charge in [0.25, 0.3) is 0 Å². The molecule has 1 aliphatic rings. The largest absolute Gasteiger partial charge is 0.0836 e. The number of fused-ring (bicyclic) bond motifs is 1. The third-order valence-electron chi connectivity index (χ3n) is 4.22. The van der Waals surface area contributed by atoms with E-state index in [-0.39, 0.29) is 0 Å². The average molecular weight is 261 g/mol. The minimum absolute atomic E-state index is 0.844. The predicted octanol–water partition coefficient (Wildman–Crippen LogP) is 5.78. The molecule has 0 amide bonds. The number of hydrogen-bond donors (Lipinski definition) is 0. The molecule has 4 aromatic rings. The summed E-state index contributed by atoms with van der Waals surface area (Å²) in [6.07, 6.45) is 0. The minimum Gasteiger partial charge on any atom is -0.0836 e. The third kappa shape index (κ3) is 1.03. The van der Waals surface area contributed by atoms with Crippen LogP contribution in [-0.4, -0.2) is 0 Å². The van der Waals surface area contributed by atoms with E-state index in [1.807, 2.05) is 0 Å². The van der Waals surface area contributed by atoms with Gasteiger partial charge in [0.05, 0.1) is 0 Å². The van der Waals surface area contributed by atoms with Crippen molar-refractivity contribution in [2.24, 2.45) is 0 Å². The Balaban J connectivity index is 2.29. The van der Waals surface area contributed by atoms with Gasteiger partial charge in [-0.2, -0.15) is 0 Å². The molecular formula is C18H9Cl. The first-order valence-electron chi connectivity index (χ1n) is 6.42. The molecule has 5 rings (SSSR count). The molecule has 1 aliphatic carbocycles. The second-order valence-corrected chi connectivity index (χ2v) is 5.56. The van der Waals surface area contributed by atoms with Crippen molar-refractivity contribution in [2.75, 3.05) is 0 Å². The van der Waals surface area contributed by atoms with Gasteiger partial charge in [-0.15, -0.1) is 0 Å². The first kappa shape index (κ1) is 9.82. The van der Waals surface area contributed by atoms with Gasteiger partial charge in [-0.1, -0.05) is 60.1 Å². The molecule has 0 saturated carbocycles. The number of benzene rings is 4. The van der Waals surface area contributed by atoms with Crippen molar-refractivity contribution in [3.8, 4) is 11.1 Å². The fourth-order valence-corrected chi connectivity index (χ4v) is 3.74. The maximum absolute atomic E-state index is 6.44. The van der Waals surface area contributed by atoms with Crippen molar-refractivity contribution in [3.05, 3.63) is 59.6 Å². The molecule has 19 heavy (non-hydrogen) atoms. The summed E-state index contributed by atoms with van der Waals surface area (Å²) in [6, 6.07) is 19.4. The van der Waals surface area contributed by atoms with Gasteiger partial charge in [-0.25, -0.2) is 0 Å². The van der Waals surface area contributed by atoms with Crippen LogP contribution in [0.3, 0.4) is 0 Å². The molecule has 0 radical (unpaired) electrons. The van der Waals surface area contributed by atoms with Crippen molar-refractivity contribution in [1.29, 1.82) is 0 Å². The molecule has 4 aromatic carbocycles. The summed E-state index contributed by atoms with van der Waals surface area (Å²) in [6.45, 7) is 0. The van der Waals surface area contributed by atoms with E-state index in [0.717, 1.165) is 10.4 Å². The maximum atomic E-state index is 6.44. The Morgan fingerprint density at radius 2 is 1.37 bits per heavy atom. The number of hydrogen-bond acceptors (Lipinski definition) is 0. The van der Waals surface area contributed by atoms with Gasteiger partial charge in [0.2, 0.25) is 0 Å². The molecule has 1 heteroatoms.